The maximum absolute atomic E-state index is 14.4. The van der Waals surface area contributed by atoms with E-state index in [1.54, 1.807) is 39.8 Å². The van der Waals surface area contributed by atoms with E-state index in [2.05, 4.69) is 0 Å². The number of ketones is 5. The second-order valence-corrected chi connectivity index (χ2v) is 12.8. The topological polar surface area (TPSA) is 146 Å². The molecule has 39 heavy (non-hydrogen) atoms. The normalized spacial score (nSPS) is 41.5. The van der Waals surface area contributed by atoms with E-state index in [1.165, 1.54) is 6.92 Å². The van der Waals surface area contributed by atoms with Gasteiger partial charge in [0.05, 0.1) is 17.6 Å². The van der Waals surface area contributed by atoms with Gasteiger partial charge in [0.2, 0.25) is 0 Å². The van der Waals surface area contributed by atoms with Gasteiger partial charge in [0, 0.05) is 28.2 Å². The number of carbonyl (C=O) groups excluding carboxylic acids is 5. The Morgan fingerprint density at radius 1 is 1.05 bits per heavy atom. The number of fused-ring (bicyclic) bond motifs is 3. The number of aliphatic hydroxyl groups is 2. The molecule has 8 heteroatoms. The summed E-state index contributed by atoms with van der Waals surface area (Å²) in [4.78, 5) is 68.5. The molecule has 0 saturated heterocycles. The first-order chi connectivity index (χ1) is 18.1. The van der Waals surface area contributed by atoms with Gasteiger partial charge in [-0.2, -0.15) is 0 Å². The van der Waals surface area contributed by atoms with Crippen molar-refractivity contribution in [2.24, 2.45) is 34.5 Å². The molecular weight excluding hydrogens is 500 g/mol. The zero-order valence-corrected chi connectivity index (χ0v) is 23.1. The van der Waals surface area contributed by atoms with Gasteiger partial charge in [-0.3, -0.25) is 24.0 Å². The highest BCUT2D eigenvalue weighted by Crippen LogP contribution is 2.66. The summed E-state index contributed by atoms with van der Waals surface area (Å²) >= 11 is 0. The van der Waals surface area contributed by atoms with Gasteiger partial charge in [0.1, 0.15) is 17.5 Å². The molecule has 2 fully saturated rings. The van der Waals surface area contributed by atoms with Crippen molar-refractivity contribution >= 4 is 28.9 Å². The smallest absolute Gasteiger partial charge is 0.191 e. The van der Waals surface area contributed by atoms with Crippen LogP contribution in [0.3, 0.4) is 0 Å². The Morgan fingerprint density at radius 3 is 2.21 bits per heavy atom. The first kappa shape index (κ1) is 27.6. The number of aliphatic hydroxyl groups excluding tert-OH is 1. The molecule has 0 spiro atoms. The fraction of sp³-hybridized carbons (Fsp3) is 0.581. The molecule has 4 unspecified atom stereocenters. The second kappa shape index (κ2) is 8.51. The lowest BCUT2D eigenvalue weighted by atomic mass is 9.37. The van der Waals surface area contributed by atoms with Crippen LogP contribution >= 0.6 is 0 Å². The Morgan fingerprint density at radius 2 is 1.67 bits per heavy atom. The molecule has 208 valence electrons. The third-order valence-electron chi connectivity index (χ3n) is 10.7. The molecular formula is C31H36O8. The van der Waals surface area contributed by atoms with Crippen LogP contribution in [0.2, 0.25) is 0 Å². The molecule has 0 bridgehead atoms. The zero-order valence-electron chi connectivity index (χ0n) is 23.1. The van der Waals surface area contributed by atoms with Crippen LogP contribution in [0.4, 0.5) is 0 Å². The standard InChI is InChI=1S/C31H36O8/c1-13(2)21-24(34)19(15(4)32)26(36)31(39)27(37)22-25(35)20-17(14(3)29(22,5)28(38)30(21,31)6)11-12-18(23(20)33)16-9-7-8-10-16/h7,9,11-14,16,19,21-22,28,33,38-39H,8,10H2,1-6H3/t14-,16?,19?,21?,22?,28-,29+,30+,31+/m1/s1. The van der Waals surface area contributed by atoms with Crippen LogP contribution in [0.5, 0.6) is 5.75 Å². The monoisotopic (exact) mass is 536 g/mol. The van der Waals surface area contributed by atoms with Crippen LogP contribution < -0.4 is 0 Å². The molecule has 3 N–H and O–H groups in total. The highest BCUT2D eigenvalue weighted by molar-refractivity contribution is 6.33. The second-order valence-electron chi connectivity index (χ2n) is 12.8. The molecule has 1 aromatic carbocycles. The lowest BCUT2D eigenvalue weighted by molar-refractivity contribution is -0.240. The molecule has 0 heterocycles. The summed E-state index contributed by atoms with van der Waals surface area (Å²) < 4.78 is 0. The minimum Gasteiger partial charge on any atom is -0.507 e. The molecule has 8 nitrogen and oxygen atoms in total. The number of allylic oxidation sites excluding steroid dienone is 2. The Bertz CT molecular complexity index is 1370. The molecule has 0 aromatic heterocycles. The van der Waals surface area contributed by atoms with Gasteiger partial charge >= 0.3 is 0 Å². The molecule has 0 amide bonds. The molecule has 9 atom stereocenters. The Balaban J connectivity index is 1.78. The molecule has 0 radical (unpaired) electrons. The van der Waals surface area contributed by atoms with Crippen molar-refractivity contribution in [1.82, 2.24) is 0 Å². The van der Waals surface area contributed by atoms with Gasteiger partial charge in [-0.05, 0) is 37.2 Å². The van der Waals surface area contributed by atoms with Gasteiger partial charge in [0.25, 0.3) is 0 Å². The van der Waals surface area contributed by atoms with E-state index >= 15 is 0 Å². The van der Waals surface area contributed by atoms with E-state index < -0.39 is 81.0 Å². The van der Waals surface area contributed by atoms with Crippen LogP contribution in [0.25, 0.3) is 0 Å². The predicted octanol–water partition coefficient (Wildman–Crippen LogP) is 3.06. The average molecular weight is 537 g/mol. The van der Waals surface area contributed by atoms with E-state index in [9.17, 15) is 39.3 Å². The molecule has 4 aliphatic rings. The third kappa shape index (κ3) is 3.05. The number of aromatic hydroxyl groups is 1. The minimum atomic E-state index is -2.95. The Hall–Kier alpha value is -2.97. The zero-order chi connectivity index (χ0) is 29.0. The summed E-state index contributed by atoms with van der Waals surface area (Å²) in [6.07, 6.45) is 3.89. The Labute approximate surface area is 227 Å². The van der Waals surface area contributed by atoms with Crippen LogP contribution in [-0.2, 0) is 19.2 Å². The fourth-order valence-corrected chi connectivity index (χ4v) is 8.56. The largest absolute Gasteiger partial charge is 0.507 e. The van der Waals surface area contributed by atoms with Crippen LogP contribution in [0.15, 0.2) is 24.3 Å². The van der Waals surface area contributed by atoms with Crippen LogP contribution in [-0.4, -0.2) is 55.9 Å². The molecule has 2 saturated carbocycles. The lowest BCUT2D eigenvalue weighted by Crippen LogP contribution is -2.81. The summed E-state index contributed by atoms with van der Waals surface area (Å²) in [5, 5.41) is 35.6. The van der Waals surface area contributed by atoms with Crippen LogP contribution in [0.1, 0.15) is 87.7 Å². The molecule has 0 aliphatic heterocycles. The number of carbonyl (C=O) groups is 5. The van der Waals surface area contributed by atoms with Crippen molar-refractivity contribution in [2.75, 3.05) is 0 Å². The van der Waals surface area contributed by atoms with Gasteiger partial charge in [-0.15, -0.1) is 0 Å². The molecule has 4 aliphatic carbocycles. The van der Waals surface area contributed by atoms with Crippen molar-refractivity contribution < 1.29 is 39.3 Å². The average Bonchev–Trinajstić information content (AvgIpc) is 3.38. The number of rotatable bonds is 3. The van der Waals surface area contributed by atoms with Crippen molar-refractivity contribution in [1.29, 1.82) is 0 Å². The summed E-state index contributed by atoms with van der Waals surface area (Å²) in [6, 6.07) is 3.50. The first-order valence-electron chi connectivity index (χ1n) is 13.7. The van der Waals surface area contributed by atoms with Gasteiger partial charge in [-0.25, -0.2) is 0 Å². The maximum atomic E-state index is 14.4. The minimum absolute atomic E-state index is 0.0432. The summed E-state index contributed by atoms with van der Waals surface area (Å²) in [5.41, 5.74) is -5.50. The first-order valence-corrected chi connectivity index (χ1v) is 13.7. The van der Waals surface area contributed by atoms with E-state index in [0.717, 1.165) is 19.8 Å². The number of phenols is 1. The van der Waals surface area contributed by atoms with E-state index in [4.69, 9.17) is 0 Å². The van der Waals surface area contributed by atoms with E-state index in [0.29, 0.717) is 11.1 Å². The SMILES string of the molecule is CC(=O)C1C(=O)C(C(C)C)[C@@]2(C)[C@H](O)[C@]3(C)C(C(=O)c4c(ccc(C5C=CCC5)c4O)[C@H]3C)C(=O)[C@@]2(O)C1=O. The van der Waals surface area contributed by atoms with Crippen molar-refractivity contribution in [3.63, 3.8) is 0 Å². The fourth-order valence-electron chi connectivity index (χ4n) is 8.56. The number of hydrogen-bond donors (Lipinski definition) is 3. The third-order valence-corrected chi connectivity index (χ3v) is 10.7. The van der Waals surface area contributed by atoms with Crippen molar-refractivity contribution in [2.45, 2.75) is 77.9 Å². The highest BCUT2D eigenvalue weighted by atomic mass is 16.3. The van der Waals surface area contributed by atoms with Crippen molar-refractivity contribution in [3.05, 3.63) is 41.0 Å². The number of phenolic OH excluding ortho intramolecular Hbond substituents is 1. The van der Waals surface area contributed by atoms with E-state index in [1.807, 2.05) is 12.2 Å². The maximum Gasteiger partial charge on any atom is 0.191 e. The molecule has 5 rings (SSSR count). The highest BCUT2D eigenvalue weighted by Gasteiger charge is 2.80. The quantitative estimate of drug-likeness (QED) is 0.395. The Kier molecular flexibility index (Phi) is 6.02. The summed E-state index contributed by atoms with van der Waals surface area (Å²) in [7, 11) is 0. The number of benzene rings is 1. The summed E-state index contributed by atoms with van der Waals surface area (Å²) in [5.74, 6) is -11.0. The van der Waals surface area contributed by atoms with Gasteiger partial charge in [-0.1, -0.05) is 58.9 Å². The lowest BCUT2D eigenvalue weighted by Gasteiger charge is -2.65. The number of hydrogen-bond acceptors (Lipinski definition) is 8. The number of Topliss-reactive ketones (excluding diaryl/α,β-unsaturated/α-hetero) is 5. The van der Waals surface area contributed by atoms with Crippen LogP contribution in [0, 0.1) is 34.5 Å². The van der Waals surface area contributed by atoms with Gasteiger partial charge in [0.15, 0.2) is 28.7 Å². The summed E-state index contributed by atoms with van der Waals surface area (Å²) in [6.45, 7) is 9.08. The molecule has 1 aromatic rings. The van der Waals surface area contributed by atoms with Crippen molar-refractivity contribution in [3.8, 4) is 5.75 Å². The predicted molar refractivity (Wildman–Crippen MR) is 140 cm³/mol. The van der Waals surface area contributed by atoms with Gasteiger partial charge < -0.3 is 15.3 Å². The van der Waals surface area contributed by atoms with E-state index in [-0.39, 0.29) is 17.2 Å².